The standard InChI is InChI=1S/C14H20IN3O3/c1-20-10-9-17-5-7-18(8-6-17)14(19)12-11(15)3-4-16-13(12)21-2/h3-4H,5-10H2,1-2H3. The second-order valence-electron chi connectivity index (χ2n) is 4.80. The lowest BCUT2D eigenvalue weighted by molar-refractivity contribution is 0.0589. The maximum Gasteiger partial charge on any atom is 0.260 e. The molecule has 0 aliphatic carbocycles. The van der Waals surface area contributed by atoms with Crippen LogP contribution in [-0.2, 0) is 4.74 Å². The molecular formula is C14H20IN3O3. The Balaban J connectivity index is 2.02. The van der Waals surface area contributed by atoms with Crippen LogP contribution in [0.15, 0.2) is 12.3 Å². The summed E-state index contributed by atoms with van der Waals surface area (Å²) in [4.78, 5) is 21.0. The number of halogens is 1. The highest BCUT2D eigenvalue weighted by atomic mass is 127. The lowest BCUT2D eigenvalue weighted by atomic mass is 10.2. The minimum atomic E-state index is -0.00394. The number of amides is 1. The van der Waals surface area contributed by atoms with Crippen LogP contribution in [0.2, 0.25) is 0 Å². The maximum absolute atomic E-state index is 12.7. The van der Waals surface area contributed by atoms with Gasteiger partial charge in [-0.25, -0.2) is 4.98 Å². The third-order valence-corrected chi connectivity index (χ3v) is 4.44. The summed E-state index contributed by atoms with van der Waals surface area (Å²) < 4.78 is 11.2. The van der Waals surface area contributed by atoms with E-state index in [9.17, 15) is 4.79 Å². The zero-order valence-electron chi connectivity index (χ0n) is 12.3. The monoisotopic (exact) mass is 405 g/mol. The fraction of sp³-hybridized carbons (Fsp3) is 0.571. The molecule has 7 heteroatoms. The molecule has 1 fully saturated rings. The molecule has 1 aliphatic rings. The Morgan fingerprint density at radius 1 is 1.33 bits per heavy atom. The number of hydrogen-bond donors (Lipinski definition) is 0. The van der Waals surface area contributed by atoms with Crippen LogP contribution in [0.4, 0.5) is 0 Å². The normalized spacial score (nSPS) is 16.0. The fourth-order valence-corrected chi connectivity index (χ4v) is 2.94. The molecule has 6 nitrogen and oxygen atoms in total. The van der Waals surface area contributed by atoms with Crippen LogP contribution >= 0.6 is 22.6 Å². The van der Waals surface area contributed by atoms with E-state index in [1.807, 2.05) is 11.0 Å². The third-order valence-electron chi connectivity index (χ3n) is 3.54. The summed E-state index contributed by atoms with van der Waals surface area (Å²) in [5.74, 6) is 0.393. The first-order valence-corrected chi connectivity index (χ1v) is 7.94. The van der Waals surface area contributed by atoms with Gasteiger partial charge in [-0.05, 0) is 28.7 Å². The Morgan fingerprint density at radius 2 is 2.05 bits per heavy atom. The van der Waals surface area contributed by atoms with Gasteiger partial charge in [0.2, 0.25) is 5.88 Å². The lowest BCUT2D eigenvalue weighted by Crippen LogP contribution is -2.49. The molecule has 1 aliphatic heterocycles. The summed E-state index contributed by atoms with van der Waals surface area (Å²) in [6.07, 6.45) is 1.65. The molecule has 21 heavy (non-hydrogen) atoms. The Bertz CT molecular complexity index is 490. The molecule has 0 spiro atoms. The molecule has 116 valence electrons. The van der Waals surface area contributed by atoms with Crippen molar-refractivity contribution in [3.05, 3.63) is 21.4 Å². The number of aromatic nitrogens is 1. The Kier molecular flexibility index (Phi) is 6.19. The molecule has 1 amide bonds. The first-order chi connectivity index (χ1) is 10.2. The molecule has 0 N–H and O–H groups in total. The van der Waals surface area contributed by atoms with E-state index in [1.165, 1.54) is 7.11 Å². The van der Waals surface area contributed by atoms with Gasteiger partial charge in [0.1, 0.15) is 5.56 Å². The molecule has 2 rings (SSSR count). The summed E-state index contributed by atoms with van der Waals surface area (Å²) in [6.45, 7) is 4.81. The van der Waals surface area contributed by atoms with Crippen LogP contribution in [0.1, 0.15) is 10.4 Å². The van der Waals surface area contributed by atoms with Gasteiger partial charge in [0, 0.05) is 49.6 Å². The Labute approximate surface area is 138 Å². The number of methoxy groups -OCH3 is 2. The first-order valence-electron chi connectivity index (χ1n) is 6.86. The third kappa shape index (κ3) is 4.04. The van der Waals surface area contributed by atoms with Crippen LogP contribution in [0.25, 0.3) is 0 Å². The molecule has 0 radical (unpaired) electrons. The van der Waals surface area contributed by atoms with Crippen LogP contribution in [0, 0.1) is 3.57 Å². The predicted octanol–water partition coefficient (Wildman–Crippen LogP) is 1.10. The van der Waals surface area contributed by atoms with Crippen molar-refractivity contribution in [2.24, 2.45) is 0 Å². The lowest BCUT2D eigenvalue weighted by Gasteiger charge is -2.34. The number of ether oxygens (including phenoxy) is 2. The number of hydrogen-bond acceptors (Lipinski definition) is 5. The van der Waals surface area contributed by atoms with Gasteiger partial charge in [-0.3, -0.25) is 9.69 Å². The minimum absolute atomic E-state index is 0.00394. The van der Waals surface area contributed by atoms with E-state index in [4.69, 9.17) is 9.47 Å². The fourth-order valence-electron chi connectivity index (χ4n) is 2.32. The van der Waals surface area contributed by atoms with Crippen molar-refractivity contribution in [2.75, 3.05) is 53.6 Å². The topological polar surface area (TPSA) is 54.9 Å². The highest BCUT2D eigenvalue weighted by molar-refractivity contribution is 14.1. The van der Waals surface area contributed by atoms with Crippen LogP contribution < -0.4 is 4.74 Å². The van der Waals surface area contributed by atoms with E-state index in [2.05, 4.69) is 32.5 Å². The highest BCUT2D eigenvalue weighted by Gasteiger charge is 2.26. The van der Waals surface area contributed by atoms with Crippen molar-refractivity contribution in [3.63, 3.8) is 0 Å². The number of pyridine rings is 1. The number of rotatable bonds is 5. The van der Waals surface area contributed by atoms with E-state index in [0.717, 1.165) is 42.9 Å². The molecule has 1 saturated heterocycles. The van der Waals surface area contributed by atoms with E-state index < -0.39 is 0 Å². The van der Waals surface area contributed by atoms with Crippen LogP contribution in [0.3, 0.4) is 0 Å². The maximum atomic E-state index is 12.7. The quantitative estimate of drug-likeness (QED) is 0.687. The number of carbonyl (C=O) groups excluding carboxylic acids is 1. The zero-order valence-corrected chi connectivity index (χ0v) is 14.5. The van der Waals surface area contributed by atoms with Gasteiger partial charge in [-0.15, -0.1) is 0 Å². The number of nitrogens with zero attached hydrogens (tertiary/aromatic N) is 3. The van der Waals surface area contributed by atoms with Gasteiger partial charge in [0.25, 0.3) is 5.91 Å². The smallest absolute Gasteiger partial charge is 0.260 e. The summed E-state index contributed by atoms with van der Waals surface area (Å²) in [7, 11) is 3.24. The molecule has 0 saturated carbocycles. The summed E-state index contributed by atoms with van der Waals surface area (Å²) in [5.41, 5.74) is 0.561. The molecule has 2 heterocycles. The van der Waals surface area contributed by atoms with Gasteiger partial charge >= 0.3 is 0 Å². The summed E-state index contributed by atoms with van der Waals surface area (Å²) in [6, 6.07) is 1.82. The average molecular weight is 405 g/mol. The largest absolute Gasteiger partial charge is 0.480 e. The highest BCUT2D eigenvalue weighted by Crippen LogP contribution is 2.23. The van der Waals surface area contributed by atoms with Gasteiger partial charge in [0.15, 0.2) is 0 Å². The number of carbonyl (C=O) groups is 1. The van der Waals surface area contributed by atoms with Crippen molar-refractivity contribution in [1.82, 2.24) is 14.8 Å². The molecule has 1 aromatic heterocycles. The second-order valence-corrected chi connectivity index (χ2v) is 5.97. The molecule has 0 unspecified atom stereocenters. The summed E-state index contributed by atoms with van der Waals surface area (Å²) in [5, 5.41) is 0. The molecule has 1 aromatic rings. The van der Waals surface area contributed by atoms with E-state index >= 15 is 0 Å². The van der Waals surface area contributed by atoms with Crippen molar-refractivity contribution in [3.8, 4) is 5.88 Å². The van der Waals surface area contributed by atoms with Crippen molar-refractivity contribution in [2.45, 2.75) is 0 Å². The van der Waals surface area contributed by atoms with Gasteiger partial charge in [0.05, 0.1) is 13.7 Å². The minimum Gasteiger partial charge on any atom is -0.480 e. The van der Waals surface area contributed by atoms with Crippen molar-refractivity contribution in [1.29, 1.82) is 0 Å². The van der Waals surface area contributed by atoms with Gasteiger partial charge in [-0.1, -0.05) is 0 Å². The van der Waals surface area contributed by atoms with Crippen LogP contribution in [-0.4, -0.2) is 74.2 Å². The molecule has 0 atom stereocenters. The molecule has 0 aromatic carbocycles. The van der Waals surface area contributed by atoms with Crippen molar-refractivity contribution < 1.29 is 14.3 Å². The van der Waals surface area contributed by atoms with E-state index in [1.54, 1.807) is 13.3 Å². The molecular weight excluding hydrogens is 385 g/mol. The van der Waals surface area contributed by atoms with E-state index in [-0.39, 0.29) is 5.91 Å². The summed E-state index contributed by atoms with van der Waals surface area (Å²) >= 11 is 2.15. The first kappa shape index (κ1) is 16.4. The predicted molar refractivity (Wildman–Crippen MR) is 87.7 cm³/mol. The van der Waals surface area contributed by atoms with Gasteiger partial charge in [-0.2, -0.15) is 0 Å². The Morgan fingerprint density at radius 3 is 2.67 bits per heavy atom. The van der Waals surface area contributed by atoms with Crippen molar-refractivity contribution >= 4 is 28.5 Å². The van der Waals surface area contributed by atoms with Crippen LogP contribution in [0.5, 0.6) is 5.88 Å². The van der Waals surface area contributed by atoms with E-state index in [0.29, 0.717) is 11.4 Å². The average Bonchev–Trinajstić information content (AvgIpc) is 2.52. The molecule has 0 bridgehead atoms. The number of piperazine rings is 1. The SMILES string of the molecule is COCCN1CCN(C(=O)c2c(I)ccnc2OC)CC1. The second kappa shape index (κ2) is 7.90. The zero-order chi connectivity index (χ0) is 15.2. The van der Waals surface area contributed by atoms with Gasteiger partial charge < -0.3 is 14.4 Å². The Hall–Kier alpha value is -0.930.